The molecule has 0 saturated carbocycles. The molecule has 2 aromatic carbocycles. The number of nitrogen functional groups attached to an aromatic ring is 1. The van der Waals surface area contributed by atoms with Crippen LogP contribution in [0, 0.1) is 13.8 Å². The number of nitrogens with zero attached hydrogens (tertiary/aromatic N) is 3. The van der Waals surface area contributed by atoms with E-state index >= 15 is 0 Å². The Morgan fingerprint density at radius 2 is 1.78 bits per heavy atom. The van der Waals surface area contributed by atoms with Crippen LogP contribution in [0.4, 0.5) is 5.69 Å². The molecular formula is C17H20N6O3S. The second-order valence-corrected chi connectivity index (χ2v) is 7.27. The van der Waals surface area contributed by atoms with Crippen molar-refractivity contribution in [1.82, 2.24) is 14.9 Å². The maximum Gasteiger partial charge on any atom is 0.380 e. The second-order valence-electron chi connectivity index (χ2n) is 6.12. The normalized spacial score (nSPS) is 12.6. The zero-order chi connectivity index (χ0) is 19.6. The van der Waals surface area contributed by atoms with Crippen LogP contribution in [-0.4, -0.2) is 23.3 Å². The van der Waals surface area contributed by atoms with E-state index < -0.39 is 10.3 Å². The molecule has 0 fully saturated rings. The molecule has 0 amide bonds. The highest BCUT2D eigenvalue weighted by atomic mass is 32.2. The van der Waals surface area contributed by atoms with Gasteiger partial charge in [0.2, 0.25) is 0 Å². The molecule has 0 aliphatic heterocycles. The number of hydrogen-bond donors (Lipinski definition) is 3. The van der Waals surface area contributed by atoms with Gasteiger partial charge in [-0.2, -0.15) is 18.3 Å². The van der Waals surface area contributed by atoms with Gasteiger partial charge in [-0.15, -0.1) is 5.10 Å². The van der Waals surface area contributed by atoms with E-state index in [0.717, 1.165) is 16.7 Å². The van der Waals surface area contributed by atoms with Gasteiger partial charge in [0.15, 0.2) is 0 Å². The van der Waals surface area contributed by atoms with Gasteiger partial charge in [-0.1, -0.05) is 18.2 Å². The Morgan fingerprint density at radius 1 is 1.11 bits per heavy atom. The van der Waals surface area contributed by atoms with Gasteiger partial charge in [-0.3, -0.25) is 5.43 Å². The van der Waals surface area contributed by atoms with Crippen LogP contribution in [-0.2, 0) is 10.3 Å². The molecular weight excluding hydrogens is 368 g/mol. The Kier molecular flexibility index (Phi) is 5.02. The molecule has 3 rings (SSSR count). The molecule has 5 N–H and O–H groups in total. The van der Waals surface area contributed by atoms with Gasteiger partial charge < -0.3 is 9.92 Å². The van der Waals surface area contributed by atoms with Gasteiger partial charge in [-0.25, -0.2) is 4.98 Å². The molecule has 0 aliphatic rings. The van der Waals surface area contributed by atoms with E-state index in [1.807, 2.05) is 31.2 Å². The first-order chi connectivity index (χ1) is 12.7. The van der Waals surface area contributed by atoms with Crippen molar-refractivity contribution in [1.29, 1.82) is 0 Å². The van der Waals surface area contributed by atoms with Crippen LogP contribution in [0.5, 0.6) is 5.75 Å². The highest BCUT2D eigenvalue weighted by Gasteiger charge is 2.18. The summed E-state index contributed by atoms with van der Waals surface area (Å²) in [6.07, 6.45) is 2.97. The van der Waals surface area contributed by atoms with Crippen molar-refractivity contribution >= 4 is 16.0 Å². The molecule has 0 spiro atoms. The SMILES string of the molecule is Cc1cc(C(Nn2cncn2)c2ccc(OS(N)(=O)=O)c(C)c2)ccc1N. The topological polar surface area (TPSA) is 138 Å². The van der Waals surface area contributed by atoms with Crippen molar-refractivity contribution in [2.45, 2.75) is 19.9 Å². The Labute approximate surface area is 157 Å². The van der Waals surface area contributed by atoms with Gasteiger partial charge in [0.1, 0.15) is 18.4 Å². The van der Waals surface area contributed by atoms with Crippen molar-refractivity contribution in [3.05, 3.63) is 71.3 Å². The van der Waals surface area contributed by atoms with Crippen molar-refractivity contribution in [2.24, 2.45) is 5.14 Å². The van der Waals surface area contributed by atoms with Crippen LogP contribution in [0.3, 0.4) is 0 Å². The van der Waals surface area contributed by atoms with Crippen LogP contribution in [0.2, 0.25) is 0 Å². The minimum absolute atomic E-state index is 0.175. The maximum absolute atomic E-state index is 11.2. The first-order valence-corrected chi connectivity index (χ1v) is 9.50. The molecule has 1 aromatic heterocycles. The third-order valence-electron chi connectivity index (χ3n) is 4.05. The third kappa shape index (κ3) is 4.54. The molecule has 142 valence electrons. The first-order valence-electron chi connectivity index (χ1n) is 8.03. The molecule has 9 nitrogen and oxygen atoms in total. The summed E-state index contributed by atoms with van der Waals surface area (Å²) in [4.78, 5) is 5.44. The van der Waals surface area contributed by atoms with E-state index in [1.54, 1.807) is 25.4 Å². The van der Waals surface area contributed by atoms with Crippen LogP contribution in [0.25, 0.3) is 0 Å². The van der Waals surface area contributed by atoms with E-state index in [-0.39, 0.29) is 11.8 Å². The summed E-state index contributed by atoms with van der Waals surface area (Å²) in [6, 6.07) is 10.6. The highest BCUT2D eigenvalue weighted by molar-refractivity contribution is 7.84. The fourth-order valence-electron chi connectivity index (χ4n) is 2.70. The number of hydrogen-bond acceptors (Lipinski definition) is 7. The lowest BCUT2D eigenvalue weighted by Gasteiger charge is -2.22. The van der Waals surface area contributed by atoms with Gasteiger partial charge in [0.05, 0.1) is 6.04 Å². The fourth-order valence-corrected chi connectivity index (χ4v) is 3.14. The van der Waals surface area contributed by atoms with Gasteiger partial charge >= 0.3 is 10.3 Å². The smallest absolute Gasteiger partial charge is 0.380 e. The molecule has 0 bridgehead atoms. The Morgan fingerprint density at radius 3 is 2.33 bits per heavy atom. The van der Waals surface area contributed by atoms with E-state index in [9.17, 15) is 8.42 Å². The van der Waals surface area contributed by atoms with Crippen LogP contribution >= 0.6 is 0 Å². The summed E-state index contributed by atoms with van der Waals surface area (Å²) in [5.74, 6) is 0.175. The summed E-state index contributed by atoms with van der Waals surface area (Å²) >= 11 is 0. The number of nitrogens with one attached hydrogen (secondary N) is 1. The van der Waals surface area contributed by atoms with Crippen molar-refractivity contribution in [3.63, 3.8) is 0 Å². The molecule has 27 heavy (non-hydrogen) atoms. The molecule has 3 aromatic rings. The van der Waals surface area contributed by atoms with Crippen molar-refractivity contribution in [2.75, 3.05) is 11.2 Å². The number of aryl methyl sites for hydroxylation is 2. The van der Waals surface area contributed by atoms with Crippen molar-refractivity contribution in [3.8, 4) is 5.75 Å². The molecule has 1 heterocycles. The molecule has 0 saturated heterocycles. The lowest BCUT2D eigenvalue weighted by molar-refractivity contribution is 0.485. The summed E-state index contributed by atoms with van der Waals surface area (Å²) < 4.78 is 27.2. The number of aromatic nitrogens is 3. The van der Waals surface area contributed by atoms with E-state index in [4.69, 9.17) is 15.1 Å². The standard InChI is InChI=1S/C17H20N6O3S/c1-11-7-13(3-5-15(11)18)17(22-23-10-20-9-21-23)14-4-6-16(12(2)8-14)26-27(19,24)25/h3-10,17,22H,18H2,1-2H3,(H2,19,24,25). The maximum atomic E-state index is 11.2. The summed E-state index contributed by atoms with van der Waals surface area (Å²) in [5, 5.41) is 9.04. The Hall–Kier alpha value is -3.11. The molecule has 0 aliphatic carbocycles. The average molecular weight is 388 g/mol. The monoisotopic (exact) mass is 388 g/mol. The van der Waals surface area contributed by atoms with Crippen LogP contribution < -0.4 is 20.5 Å². The van der Waals surface area contributed by atoms with Crippen LogP contribution in [0.1, 0.15) is 28.3 Å². The highest BCUT2D eigenvalue weighted by Crippen LogP contribution is 2.29. The summed E-state index contributed by atoms with van der Waals surface area (Å²) in [6.45, 7) is 3.67. The Balaban J connectivity index is 2.02. The second kappa shape index (κ2) is 7.25. The predicted octanol–water partition coefficient (Wildman–Crippen LogP) is 1.39. The predicted molar refractivity (Wildman–Crippen MR) is 102 cm³/mol. The largest absolute Gasteiger partial charge is 0.399 e. The molecule has 10 heteroatoms. The molecule has 1 unspecified atom stereocenters. The average Bonchev–Trinajstić information content (AvgIpc) is 3.09. The summed E-state index contributed by atoms with van der Waals surface area (Å²) in [5.41, 5.74) is 13.3. The number of rotatable bonds is 6. The third-order valence-corrected chi connectivity index (χ3v) is 4.46. The number of benzene rings is 2. The number of nitrogens with two attached hydrogens (primary N) is 2. The van der Waals surface area contributed by atoms with E-state index in [1.165, 1.54) is 11.1 Å². The minimum atomic E-state index is -4.09. The van der Waals surface area contributed by atoms with Crippen LogP contribution in [0.15, 0.2) is 49.1 Å². The van der Waals surface area contributed by atoms with Gasteiger partial charge in [0.25, 0.3) is 0 Å². The molecule has 1 atom stereocenters. The van der Waals surface area contributed by atoms with Crippen molar-refractivity contribution < 1.29 is 12.6 Å². The minimum Gasteiger partial charge on any atom is -0.399 e. The zero-order valence-corrected chi connectivity index (χ0v) is 15.6. The van der Waals surface area contributed by atoms with E-state index in [0.29, 0.717) is 11.3 Å². The zero-order valence-electron chi connectivity index (χ0n) is 14.8. The van der Waals surface area contributed by atoms with E-state index in [2.05, 4.69) is 15.5 Å². The Bertz CT molecular complexity index is 1050. The van der Waals surface area contributed by atoms with Gasteiger partial charge in [-0.05, 0) is 54.3 Å². The van der Waals surface area contributed by atoms with Gasteiger partial charge in [0, 0.05) is 5.69 Å². The fraction of sp³-hybridized carbons (Fsp3) is 0.176. The first kappa shape index (κ1) is 18.7. The quantitative estimate of drug-likeness (QED) is 0.542. The lowest BCUT2D eigenvalue weighted by atomic mass is 9.96. The number of anilines is 1. The lowest BCUT2D eigenvalue weighted by Crippen LogP contribution is -2.23. The molecule has 0 radical (unpaired) electrons. The summed E-state index contributed by atoms with van der Waals surface area (Å²) in [7, 11) is -4.09.